The number of nitrogens with one attached hydrogen (secondary N) is 1. The summed E-state index contributed by atoms with van der Waals surface area (Å²) in [5, 5.41) is 5.36. The molecule has 0 bridgehead atoms. The lowest BCUT2D eigenvalue weighted by molar-refractivity contribution is -0.121. The van der Waals surface area contributed by atoms with Crippen LogP contribution >= 0.6 is 22.9 Å². The van der Waals surface area contributed by atoms with Crippen LogP contribution in [0.2, 0.25) is 5.02 Å². The minimum Gasteiger partial charge on any atom is -0.482 e. The molecule has 0 unspecified atom stereocenters. The highest BCUT2D eigenvalue weighted by Gasteiger charge is 2.26. The van der Waals surface area contributed by atoms with E-state index in [1.807, 2.05) is 23.6 Å². The number of hydrogen-bond donors (Lipinski definition) is 1. The van der Waals surface area contributed by atoms with Crippen LogP contribution in [0.4, 0.5) is 11.4 Å². The molecule has 2 heterocycles. The van der Waals surface area contributed by atoms with Gasteiger partial charge in [-0.3, -0.25) is 9.59 Å². The summed E-state index contributed by atoms with van der Waals surface area (Å²) in [4.78, 5) is 27.0. The Morgan fingerprint density at radius 3 is 2.74 bits per heavy atom. The first-order valence-corrected chi connectivity index (χ1v) is 9.52. The zero-order chi connectivity index (χ0) is 18.8. The van der Waals surface area contributed by atoms with Crippen molar-refractivity contribution in [1.29, 1.82) is 0 Å². The Bertz CT molecular complexity index is 987. The minimum atomic E-state index is -0.183. The Hall–Kier alpha value is -2.83. The third kappa shape index (κ3) is 3.82. The molecule has 0 aliphatic carbocycles. The van der Waals surface area contributed by atoms with Gasteiger partial charge in [-0.15, -0.1) is 11.3 Å². The van der Waals surface area contributed by atoms with Crippen LogP contribution in [-0.4, -0.2) is 18.4 Å². The largest absolute Gasteiger partial charge is 0.482 e. The quantitative estimate of drug-likeness (QED) is 0.699. The lowest BCUT2D eigenvalue weighted by Gasteiger charge is -2.30. The number of anilines is 2. The van der Waals surface area contributed by atoms with Gasteiger partial charge in [-0.25, -0.2) is 0 Å². The predicted octanol–water partition coefficient (Wildman–Crippen LogP) is 4.58. The molecule has 0 atom stereocenters. The van der Waals surface area contributed by atoms with E-state index in [9.17, 15) is 9.59 Å². The van der Waals surface area contributed by atoms with Gasteiger partial charge >= 0.3 is 0 Å². The maximum Gasteiger partial charge on any atom is 0.265 e. The third-order valence-electron chi connectivity index (χ3n) is 4.16. The smallest absolute Gasteiger partial charge is 0.265 e. The summed E-state index contributed by atoms with van der Waals surface area (Å²) in [6, 6.07) is 16.2. The highest BCUT2D eigenvalue weighted by Crippen LogP contribution is 2.35. The molecule has 7 heteroatoms. The van der Waals surface area contributed by atoms with Crippen LogP contribution in [0.1, 0.15) is 15.2 Å². The van der Waals surface area contributed by atoms with Crippen molar-refractivity contribution in [2.75, 3.05) is 16.8 Å². The average Bonchev–Trinajstić information content (AvgIpc) is 3.21. The van der Waals surface area contributed by atoms with Crippen molar-refractivity contribution in [3.05, 3.63) is 75.4 Å². The SMILES string of the molecule is O=C(Nc1ccc2c(c1)N(Cc1ccc(Cl)cc1)C(=O)CO2)c1cccs1. The normalized spacial score (nSPS) is 13.1. The average molecular weight is 399 g/mol. The number of benzene rings is 2. The van der Waals surface area contributed by atoms with Gasteiger partial charge in [-0.1, -0.05) is 29.8 Å². The second-order valence-electron chi connectivity index (χ2n) is 6.01. The monoisotopic (exact) mass is 398 g/mol. The van der Waals surface area contributed by atoms with E-state index in [2.05, 4.69) is 5.32 Å². The van der Waals surface area contributed by atoms with Crippen LogP contribution in [-0.2, 0) is 11.3 Å². The third-order valence-corrected chi connectivity index (χ3v) is 5.28. The number of carbonyl (C=O) groups excluding carboxylic acids is 2. The van der Waals surface area contributed by atoms with Gasteiger partial charge in [0.1, 0.15) is 5.75 Å². The van der Waals surface area contributed by atoms with Gasteiger partial charge in [0.05, 0.1) is 17.1 Å². The molecular weight excluding hydrogens is 384 g/mol. The van der Waals surface area contributed by atoms with Crippen molar-refractivity contribution < 1.29 is 14.3 Å². The van der Waals surface area contributed by atoms with E-state index in [0.717, 1.165) is 5.56 Å². The first kappa shape index (κ1) is 17.6. The Balaban J connectivity index is 1.61. The van der Waals surface area contributed by atoms with Gasteiger partial charge < -0.3 is 15.0 Å². The van der Waals surface area contributed by atoms with E-state index in [0.29, 0.717) is 33.6 Å². The maximum absolute atomic E-state index is 12.4. The Morgan fingerprint density at radius 2 is 2.00 bits per heavy atom. The molecule has 27 heavy (non-hydrogen) atoms. The van der Waals surface area contributed by atoms with Gasteiger partial charge in [-0.05, 0) is 47.3 Å². The van der Waals surface area contributed by atoms with E-state index < -0.39 is 0 Å². The molecule has 5 nitrogen and oxygen atoms in total. The number of ether oxygens (including phenoxy) is 1. The summed E-state index contributed by atoms with van der Waals surface area (Å²) in [6.45, 7) is 0.385. The van der Waals surface area contributed by atoms with Gasteiger partial charge in [0, 0.05) is 10.7 Å². The molecule has 1 aromatic heterocycles. The van der Waals surface area contributed by atoms with E-state index in [1.165, 1.54) is 11.3 Å². The molecule has 3 aromatic rings. The second kappa shape index (κ2) is 7.42. The fourth-order valence-corrected chi connectivity index (χ4v) is 3.57. The minimum absolute atomic E-state index is 0.0124. The molecule has 0 radical (unpaired) electrons. The highest BCUT2D eigenvalue weighted by atomic mass is 35.5. The van der Waals surface area contributed by atoms with Crippen LogP contribution in [0, 0.1) is 0 Å². The molecule has 1 aliphatic heterocycles. The summed E-state index contributed by atoms with van der Waals surface area (Å²) < 4.78 is 5.53. The van der Waals surface area contributed by atoms with Gasteiger partial charge in [0.15, 0.2) is 6.61 Å². The molecule has 0 saturated carbocycles. The fourth-order valence-electron chi connectivity index (χ4n) is 2.83. The van der Waals surface area contributed by atoms with Crippen LogP contribution in [0.5, 0.6) is 5.75 Å². The summed E-state index contributed by atoms with van der Waals surface area (Å²) >= 11 is 7.31. The Morgan fingerprint density at radius 1 is 1.19 bits per heavy atom. The van der Waals surface area contributed by atoms with Gasteiger partial charge in [0.25, 0.3) is 11.8 Å². The number of carbonyl (C=O) groups is 2. The number of rotatable bonds is 4. The van der Waals surface area contributed by atoms with E-state index in [4.69, 9.17) is 16.3 Å². The topological polar surface area (TPSA) is 58.6 Å². The highest BCUT2D eigenvalue weighted by molar-refractivity contribution is 7.12. The molecule has 2 aromatic carbocycles. The van der Waals surface area contributed by atoms with Crippen LogP contribution < -0.4 is 15.0 Å². The number of thiophene rings is 1. The fraction of sp³-hybridized carbons (Fsp3) is 0.100. The van der Waals surface area contributed by atoms with Crippen molar-refractivity contribution in [3.8, 4) is 5.75 Å². The van der Waals surface area contributed by atoms with Crippen molar-refractivity contribution in [2.45, 2.75) is 6.54 Å². The molecule has 1 N–H and O–H groups in total. The van der Waals surface area contributed by atoms with Gasteiger partial charge in [0.2, 0.25) is 0 Å². The zero-order valence-electron chi connectivity index (χ0n) is 14.1. The number of halogens is 1. The molecule has 0 saturated heterocycles. The van der Waals surface area contributed by atoms with Crippen LogP contribution in [0.25, 0.3) is 0 Å². The molecular formula is C20H15ClN2O3S. The number of hydrogen-bond acceptors (Lipinski definition) is 4. The molecule has 136 valence electrons. The molecule has 1 aliphatic rings. The number of fused-ring (bicyclic) bond motifs is 1. The summed E-state index contributed by atoms with van der Waals surface area (Å²) in [5.41, 5.74) is 2.19. The molecule has 0 fully saturated rings. The molecule has 2 amide bonds. The second-order valence-corrected chi connectivity index (χ2v) is 7.39. The van der Waals surface area contributed by atoms with Crippen molar-refractivity contribution in [3.63, 3.8) is 0 Å². The Kier molecular flexibility index (Phi) is 4.83. The van der Waals surface area contributed by atoms with Crippen LogP contribution in [0.3, 0.4) is 0 Å². The lowest BCUT2D eigenvalue weighted by atomic mass is 10.1. The van der Waals surface area contributed by atoms with Crippen LogP contribution in [0.15, 0.2) is 60.0 Å². The van der Waals surface area contributed by atoms with Crippen molar-refractivity contribution in [1.82, 2.24) is 0 Å². The van der Waals surface area contributed by atoms with Crippen molar-refractivity contribution in [2.24, 2.45) is 0 Å². The summed E-state index contributed by atoms with van der Waals surface area (Å²) in [7, 11) is 0. The number of amides is 2. The summed E-state index contributed by atoms with van der Waals surface area (Å²) in [5.74, 6) is 0.286. The zero-order valence-corrected chi connectivity index (χ0v) is 15.7. The van der Waals surface area contributed by atoms with E-state index >= 15 is 0 Å². The first-order valence-electron chi connectivity index (χ1n) is 8.27. The molecule has 4 rings (SSSR count). The van der Waals surface area contributed by atoms with E-state index in [1.54, 1.807) is 41.3 Å². The van der Waals surface area contributed by atoms with E-state index in [-0.39, 0.29) is 18.4 Å². The Labute approximate surface area is 165 Å². The summed E-state index contributed by atoms with van der Waals surface area (Å²) in [6.07, 6.45) is 0. The maximum atomic E-state index is 12.4. The predicted molar refractivity (Wildman–Crippen MR) is 107 cm³/mol. The first-order chi connectivity index (χ1) is 13.1. The van der Waals surface area contributed by atoms with Gasteiger partial charge in [-0.2, -0.15) is 0 Å². The molecule has 0 spiro atoms. The standard InChI is InChI=1S/C20H15ClN2O3S/c21-14-5-3-13(4-6-14)11-23-16-10-15(7-8-17(16)26-12-19(23)24)22-20(25)18-2-1-9-27-18/h1-10H,11-12H2,(H,22,25). The number of nitrogens with zero attached hydrogens (tertiary/aromatic N) is 1. The van der Waals surface area contributed by atoms with Crippen molar-refractivity contribution >= 4 is 46.1 Å². The lowest BCUT2D eigenvalue weighted by Crippen LogP contribution is -2.38.